The van der Waals surface area contributed by atoms with Gasteiger partial charge in [-0.2, -0.15) is 0 Å². The highest BCUT2D eigenvalue weighted by molar-refractivity contribution is 7.20. The van der Waals surface area contributed by atoms with Crippen LogP contribution in [0.3, 0.4) is 0 Å². The van der Waals surface area contributed by atoms with Gasteiger partial charge >= 0.3 is 0 Å². The largest absolute Gasteiger partial charge is 0.431 e. The molecule has 5 rings (SSSR count). The Hall–Kier alpha value is -1.95. The van der Waals surface area contributed by atoms with Crippen molar-refractivity contribution in [2.75, 3.05) is 13.1 Å². The number of rotatable bonds is 4. The summed E-state index contributed by atoms with van der Waals surface area (Å²) in [5.74, 6) is 0.849. The number of aromatic nitrogens is 1. The molecule has 0 saturated carbocycles. The number of fused-ring (bicyclic) bond motifs is 3. The molecule has 0 aliphatic carbocycles. The number of piperazine rings is 1. The number of hydrogen-bond donors (Lipinski definition) is 1. The fraction of sp³-hybridized carbons (Fsp3) is 0.316. The Bertz CT molecular complexity index is 827. The van der Waals surface area contributed by atoms with Crippen LogP contribution in [0.4, 0.5) is 0 Å². The topological polar surface area (TPSA) is 37.4 Å². The maximum absolute atomic E-state index is 5.92. The SMILES string of the molecule is c1ccc2sc(Oc3ccc(CN4C[C@H]5C[C@H]4CN5)cc3)nc2c1. The minimum absolute atomic E-state index is 0.701. The lowest BCUT2D eigenvalue weighted by molar-refractivity contribution is 0.218. The Morgan fingerprint density at radius 3 is 2.79 bits per heavy atom. The third-order valence-electron chi connectivity index (χ3n) is 4.96. The van der Waals surface area contributed by atoms with Gasteiger partial charge < -0.3 is 10.1 Å². The van der Waals surface area contributed by atoms with E-state index in [0.717, 1.165) is 29.1 Å². The summed E-state index contributed by atoms with van der Waals surface area (Å²) in [5, 5.41) is 4.25. The van der Waals surface area contributed by atoms with Crippen LogP contribution in [0.1, 0.15) is 12.0 Å². The van der Waals surface area contributed by atoms with Crippen molar-refractivity contribution in [1.29, 1.82) is 0 Å². The summed E-state index contributed by atoms with van der Waals surface area (Å²) >= 11 is 1.58. The zero-order valence-corrected chi connectivity index (χ0v) is 14.1. The highest BCUT2D eigenvalue weighted by Crippen LogP contribution is 2.31. The first-order valence-corrected chi connectivity index (χ1v) is 9.25. The molecule has 5 heteroatoms. The highest BCUT2D eigenvalue weighted by atomic mass is 32.1. The predicted octanol–water partition coefficient (Wildman–Crippen LogP) is 3.63. The molecule has 0 unspecified atom stereocenters. The zero-order chi connectivity index (χ0) is 15.9. The van der Waals surface area contributed by atoms with Crippen molar-refractivity contribution >= 4 is 21.6 Å². The minimum Gasteiger partial charge on any atom is -0.431 e. The summed E-state index contributed by atoms with van der Waals surface area (Å²) in [6.45, 7) is 3.35. The van der Waals surface area contributed by atoms with Gasteiger partial charge in [0.1, 0.15) is 5.75 Å². The lowest BCUT2D eigenvalue weighted by Crippen LogP contribution is -2.42. The van der Waals surface area contributed by atoms with Crippen LogP contribution in [-0.4, -0.2) is 35.1 Å². The van der Waals surface area contributed by atoms with Crippen LogP contribution in [-0.2, 0) is 6.54 Å². The number of hydrogen-bond acceptors (Lipinski definition) is 5. The summed E-state index contributed by atoms with van der Waals surface area (Å²) in [6.07, 6.45) is 1.30. The van der Waals surface area contributed by atoms with Crippen LogP contribution >= 0.6 is 11.3 Å². The molecular formula is C19H19N3OS. The highest BCUT2D eigenvalue weighted by Gasteiger charge is 2.37. The second-order valence-electron chi connectivity index (χ2n) is 6.62. The summed E-state index contributed by atoms with van der Waals surface area (Å²) in [4.78, 5) is 7.11. The Labute approximate surface area is 145 Å². The van der Waals surface area contributed by atoms with Gasteiger partial charge in [0.15, 0.2) is 0 Å². The average Bonchev–Trinajstić information content (AvgIpc) is 3.31. The van der Waals surface area contributed by atoms with Gasteiger partial charge in [-0.25, -0.2) is 4.98 Å². The number of nitrogens with one attached hydrogen (secondary N) is 1. The van der Waals surface area contributed by atoms with Gasteiger partial charge in [-0.1, -0.05) is 35.6 Å². The van der Waals surface area contributed by atoms with Crippen molar-refractivity contribution in [2.45, 2.75) is 25.0 Å². The smallest absolute Gasteiger partial charge is 0.279 e. The van der Waals surface area contributed by atoms with E-state index in [9.17, 15) is 0 Å². The Balaban J connectivity index is 1.27. The van der Waals surface area contributed by atoms with Gasteiger partial charge in [-0.3, -0.25) is 4.90 Å². The normalized spacial score (nSPS) is 23.2. The summed E-state index contributed by atoms with van der Waals surface area (Å²) in [6, 6.07) is 18.0. The van der Waals surface area contributed by atoms with E-state index in [0.29, 0.717) is 17.3 Å². The maximum Gasteiger partial charge on any atom is 0.279 e. The van der Waals surface area contributed by atoms with E-state index in [-0.39, 0.29) is 0 Å². The molecule has 0 spiro atoms. The van der Waals surface area contributed by atoms with Crippen molar-refractivity contribution in [2.24, 2.45) is 0 Å². The molecule has 2 aromatic carbocycles. The van der Waals surface area contributed by atoms with Crippen LogP contribution in [0, 0.1) is 0 Å². The van der Waals surface area contributed by atoms with Crippen molar-refractivity contribution in [3.8, 4) is 10.9 Å². The Morgan fingerprint density at radius 2 is 2.04 bits per heavy atom. The van der Waals surface area contributed by atoms with Gasteiger partial charge in [0, 0.05) is 31.7 Å². The zero-order valence-electron chi connectivity index (χ0n) is 13.3. The van der Waals surface area contributed by atoms with E-state index in [1.165, 1.54) is 18.5 Å². The molecule has 0 radical (unpaired) electrons. The van der Waals surface area contributed by atoms with Crippen molar-refractivity contribution < 1.29 is 4.74 Å². The number of benzene rings is 2. The van der Waals surface area contributed by atoms with E-state index in [1.54, 1.807) is 11.3 Å². The molecule has 1 N–H and O–H groups in total. The molecule has 2 bridgehead atoms. The lowest BCUT2D eigenvalue weighted by atomic mass is 10.2. The van der Waals surface area contributed by atoms with E-state index < -0.39 is 0 Å². The van der Waals surface area contributed by atoms with Crippen LogP contribution in [0.25, 0.3) is 10.2 Å². The number of para-hydroxylation sites is 1. The predicted molar refractivity (Wildman–Crippen MR) is 96.7 cm³/mol. The first-order valence-electron chi connectivity index (χ1n) is 8.43. The number of likely N-dealkylation sites (tertiary alicyclic amines) is 1. The van der Waals surface area contributed by atoms with E-state index >= 15 is 0 Å². The molecule has 2 aliphatic rings. The van der Waals surface area contributed by atoms with E-state index in [4.69, 9.17) is 4.74 Å². The van der Waals surface area contributed by atoms with Crippen molar-refractivity contribution in [3.63, 3.8) is 0 Å². The molecule has 3 heterocycles. The second kappa shape index (κ2) is 5.84. The maximum atomic E-state index is 5.92. The first kappa shape index (κ1) is 14.4. The average molecular weight is 337 g/mol. The fourth-order valence-electron chi connectivity index (χ4n) is 3.73. The van der Waals surface area contributed by atoms with Gasteiger partial charge in [-0.15, -0.1) is 0 Å². The monoisotopic (exact) mass is 337 g/mol. The summed E-state index contributed by atoms with van der Waals surface area (Å²) in [5.41, 5.74) is 2.34. The fourth-order valence-corrected chi connectivity index (χ4v) is 4.57. The Morgan fingerprint density at radius 1 is 1.17 bits per heavy atom. The summed E-state index contributed by atoms with van der Waals surface area (Å²) < 4.78 is 7.08. The quantitative estimate of drug-likeness (QED) is 0.789. The third-order valence-corrected chi connectivity index (χ3v) is 5.87. The van der Waals surface area contributed by atoms with Crippen LogP contribution in [0.2, 0.25) is 0 Å². The number of ether oxygens (including phenoxy) is 1. The summed E-state index contributed by atoms with van der Waals surface area (Å²) in [7, 11) is 0. The molecule has 3 aromatic rings. The molecular weight excluding hydrogens is 318 g/mol. The molecule has 24 heavy (non-hydrogen) atoms. The van der Waals surface area contributed by atoms with Gasteiger partial charge in [-0.05, 0) is 36.2 Å². The Kier molecular flexibility index (Phi) is 3.51. The molecule has 122 valence electrons. The standard InChI is InChI=1S/C19H19N3OS/c1-2-4-18-17(3-1)21-19(24-18)23-16-7-5-13(6-8-16)11-22-12-14-9-15(22)10-20-14/h1-8,14-15,20H,9-12H2/t14-,15+/m1/s1. The molecule has 2 aliphatic heterocycles. The van der Waals surface area contributed by atoms with E-state index in [1.807, 2.05) is 30.3 Å². The molecule has 1 aromatic heterocycles. The molecule has 2 atom stereocenters. The van der Waals surface area contributed by atoms with E-state index in [2.05, 4.69) is 33.4 Å². The number of nitrogens with zero attached hydrogens (tertiary/aromatic N) is 2. The van der Waals surface area contributed by atoms with Crippen molar-refractivity contribution in [1.82, 2.24) is 15.2 Å². The molecule has 4 nitrogen and oxygen atoms in total. The lowest BCUT2D eigenvalue weighted by Gasteiger charge is -2.27. The van der Waals surface area contributed by atoms with Crippen LogP contribution in [0.15, 0.2) is 48.5 Å². The van der Waals surface area contributed by atoms with Crippen LogP contribution in [0.5, 0.6) is 10.9 Å². The molecule has 0 amide bonds. The van der Waals surface area contributed by atoms with Gasteiger partial charge in [0.05, 0.1) is 10.2 Å². The first-order chi connectivity index (χ1) is 11.8. The molecule has 2 saturated heterocycles. The minimum atomic E-state index is 0.701. The second-order valence-corrected chi connectivity index (χ2v) is 7.61. The van der Waals surface area contributed by atoms with Gasteiger partial charge in [0.2, 0.25) is 0 Å². The van der Waals surface area contributed by atoms with Crippen LogP contribution < -0.4 is 10.1 Å². The van der Waals surface area contributed by atoms with Crippen molar-refractivity contribution in [3.05, 3.63) is 54.1 Å². The number of thiazole rings is 1. The molecule has 2 fully saturated rings. The third kappa shape index (κ3) is 2.69. The van der Waals surface area contributed by atoms with Gasteiger partial charge in [0.25, 0.3) is 5.19 Å².